The maximum absolute atomic E-state index is 5.83. The summed E-state index contributed by atoms with van der Waals surface area (Å²) in [5, 5.41) is 21.3. The number of rotatable bonds is 5. The number of fused-ring (bicyclic) bond motifs is 8. The van der Waals surface area contributed by atoms with Gasteiger partial charge in [-0.05, 0) is 143 Å². The van der Waals surface area contributed by atoms with Gasteiger partial charge in [-0.2, -0.15) is 0 Å². The second kappa shape index (κ2) is 19.9. The molecule has 1 heteroatoms. The van der Waals surface area contributed by atoms with E-state index in [-0.39, 0.29) is 0 Å². The lowest BCUT2D eigenvalue weighted by Crippen LogP contribution is -1.93. The number of aryl methyl sites for hydroxylation is 3. The summed E-state index contributed by atoms with van der Waals surface area (Å²) in [7, 11) is 0. The molecule has 0 saturated carbocycles. The molecule has 0 aromatic heterocycles. The molecule has 12 aromatic carbocycles. The Bertz CT molecular complexity index is 3080. The van der Waals surface area contributed by atoms with Gasteiger partial charge < -0.3 is 4.74 Å². The Kier molecular flexibility index (Phi) is 13.1. The fourth-order valence-corrected chi connectivity index (χ4v) is 9.74. The van der Waals surface area contributed by atoms with Crippen molar-refractivity contribution in [1.82, 2.24) is 0 Å². The molecular formula is C64H56O. The SMILES string of the molecule is CCOc1c2ccccc2cc2ccccc12.CCc1c2ccccc2cc2ccccc12.CCc1c2ccccc2cc2ccccc12.CCc1c2ccccc2cc2ccccc12. The molecule has 0 radical (unpaired) electrons. The van der Waals surface area contributed by atoms with Crippen molar-refractivity contribution in [1.29, 1.82) is 0 Å². The maximum Gasteiger partial charge on any atom is 0.134 e. The Hall–Kier alpha value is -7.48. The Morgan fingerprint density at radius 1 is 0.246 bits per heavy atom. The van der Waals surface area contributed by atoms with Gasteiger partial charge >= 0.3 is 0 Å². The maximum atomic E-state index is 5.83. The lowest BCUT2D eigenvalue weighted by Gasteiger charge is -2.11. The molecule has 0 heterocycles. The van der Waals surface area contributed by atoms with E-state index in [0.717, 1.165) is 25.0 Å². The first-order valence-corrected chi connectivity index (χ1v) is 23.3. The van der Waals surface area contributed by atoms with E-state index in [4.69, 9.17) is 4.74 Å². The third-order valence-electron chi connectivity index (χ3n) is 12.7. The van der Waals surface area contributed by atoms with Gasteiger partial charge in [0.1, 0.15) is 5.75 Å². The Morgan fingerprint density at radius 3 is 0.631 bits per heavy atom. The minimum Gasteiger partial charge on any atom is -0.493 e. The smallest absolute Gasteiger partial charge is 0.134 e. The van der Waals surface area contributed by atoms with E-state index < -0.39 is 0 Å². The molecule has 0 aliphatic rings. The lowest BCUT2D eigenvalue weighted by molar-refractivity contribution is 0.348. The number of hydrogen-bond acceptors (Lipinski definition) is 1. The highest BCUT2D eigenvalue weighted by molar-refractivity contribution is 6.06. The predicted octanol–water partition coefficient (Wildman–Crippen LogP) is 18.1. The van der Waals surface area contributed by atoms with Gasteiger partial charge in [0, 0.05) is 10.8 Å². The molecule has 0 amide bonds. The largest absolute Gasteiger partial charge is 0.493 e. The van der Waals surface area contributed by atoms with Crippen LogP contribution >= 0.6 is 0 Å². The van der Waals surface area contributed by atoms with Crippen molar-refractivity contribution >= 4 is 86.2 Å². The van der Waals surface area contributed by atoms with E-state index in [1.807, 2.05) is 6.92 Å². The molecular weight excluding hydrogens is 785 g/mol. The van der Waals surface area contributed by atoms with Gasteiger partial charge in [0.25, 0.3) is 0 Å². The van der Waals surface area contributed by atoms with Crippen LogP contribution in [0.1, 0.15) is 44.4 Å². The first kappa shape index (κ1) is 42.8. The third kappa shape index (κ3) is 8.88. The molecule has 0 spiro atoms. The number of benzene rings is 12. The fraction of sp³-hybridized carbons (Fsp3) is 0.125. The monoisotopic (exact) mass is 840 g/mol. The van der Waals surface area contributed by atoms with E-state index in [1.165, 1.54) is 103 Å². The zero-order chi connectivity index (χ0) is 44.5. The molecule has 12 rings (SSSR count). The van der Waals surface area contributed by atoms with Gasteiger partial charge in [-0.1, -0.05) is 215 Å². The highest BCUT2D eigenvalue weighted by atomic mass is 16.5. The highest BCUT2D eigenvalue weighted by Gasteiger charge is 2.09. The molecule has 0 unspecified atom stereocenters. The summed E-state index contributed by atoms with van der Waals surface area (Å²) < 4.78 is 5.83. The average molecular weight is 841 g/mol. The standard InChI is InChI=1S/C16H14O.3C16H14/c1-2-17-16-14-9-5-3-7-12(14)11-13-8-4-6-10-15(13)16;3*1-2-14-15-9-5-3-7-12(15)11-13-8-4-6-10-16(13)14/h3-11H,2H2,1H3;3*3-11H,2H2,1H3. The number of ether oxygens (including phenoxy) is 1. The first-order chi connectivity index (χ1) is 32.1. The van der Waals surface area contributed by atoms with Crippen molar-refractivity contribution in [3.05, 3.63) is 235 Å². The van der Waals surface area contributed by atoms with Gasteiger partial charge in [0.15, 0.2) is 0 Å². The van der Waals surface area contributed by atoms with Crippen LogP contribution in [0.3, 0.4) is 0 Å². The van der Waals surface area contributed by atoms with Gasteiger partial charge in [0.2, 0.25) is 0 Å². The minimum absolute atomic E-state index is 0.692. The molecule has 318 valence electrons. The lowest BCUT2D eigenvalue weighted by atomic mass is 9.95. The Balaban J connectivity index is 0.000000109. The quantitative estimate of drug-likeness (QED) is 0.157. The zero-order valence-corrected chi connectivity index (χ0v) is 38.0. The van der Waals surface area contributed by atoms with Crippen molar-refractivity contribution in [2.24, 2.45) is 0 Å². The van der Waals surface area contributed by atoms with Crippen LogP contribution in [-0.4, -0.2) is 6.61 Å². The molecule has 0 saturated heterocycles. The summed E-state index contributed by atoms with van der Waals surface area (Å²) in [5.41, 5.74) is 4.40. The predicted molar refractivity (Wildman–Crippen MR) is 285 cm³/mol. The van der Waals surface area contributed by atoms with Gasteiger partial charge in [0.05, 0.1) is 6.61 Å². The second-order valence-corrected chi connectivity index (χ2v) is 16.5. The van der Waals surface area contributed by atoms with Crippen LogP contribution in [0.2, 0.25) is 0 Å². The van der Waals surface area contributed by atoms with Gasteiger partial charge in [-0.25, -0.2) is 0 Å². The fourth-order valence-electron chi connectivity index (χ4n) is 9.74. The minimum atomic E-state index is 0.692. The van der Waals surface area contributed by atoms with Crippen LogP contribution in [0, 0.1) is 0 Å². The summed E-state index contributed by atoms with van der Waals surface area (Å²) in [6.07, 6.45) is 3.26. The van der Waals surface area contributed by atoms with E-state index in [0.29, 0.717) is 6.61 Å². The Labute approximate surface area is 383 Å². The van der Waals surface area contributed by atoms with Crippen LogP contribution in [0.15, 0.2) is 218 Å². The molecule has 1 nitrogen and oxygen atoms in total. The summed E-state index contributed by atoms with van der Waals surface area (Å²) in [4.78, 5) is 0. The van der Waals surface area contributed by atoms with Crippen LogP contribution in [0.25, 0.3) is 86.2 Å². The van der Waals surface area contributed by atoms with Crippen LogP contribution in [0.5, 0.6) is 5.75 Å². The summed E-state index contributed by atoms with van der Waals surface area (Å²) in [6.45, 7) is 9.41. The highest BCUT2D eigenvalue weighted by Crippen LogP contribution is 2.35. The van der Waals surface area contributed by atoms with Crippen molar-refractivity contribution in [3.8, 4) is 5.75 Å². The molecule has 0 aliphatic carbocycles. The number of hydrogen-bond donors (Lipinski definition) is 0. The molecule has 12 aromatic rings. The van der Waals surface area contributed by atoms with Crippen molar-refractivity contribution in [3.63, 3.8) is 0 Å². The first-order valence-electron chi connectivity index (χ1n) is 23.3. The van der Waals surface area contributed by atoms with Crippen LogP contribution in [0.4, 0.5) is 0 Å². The third-order valence-corrected chi connectivity index (χ3v) is 12.7. The van der Waals surface area contributed by atoms with E-state index in [9.17, 15) is 0 Å². The van der Waals surface area contributed by atoms with Crippen LogP contribution in [-0.2, 0) is 19.3 Å². The molecule has 0 aliphatic heterocycles. The zero-order valence-electron chi connectivity index (χ0n) is 38.0. The summed E-state index contributed by atoms with van der Waals surface area (Å²) in [6, 6.07) is 77.7. The van der Waals surface area contributed by atoms with E-state index in [2.05, 4.69) is 239 Å². The molecule has 65 heavy (non-hydrogen) atoms. The summed E-state index contributed by atoms with van der Waals surface area (Å²) in [5.74, 6) is 1.00. The average Bonchev–Trinajstić information content (AvgIpc) is 3.37. The molecule has 0 N–H and O–H groups in total. The van der Waals surface area contributed by atoms with E-state index in [1.54, 1.807) is 0 Å². The molecule has 0 atom stereocenters. The van der Waals surface area contributed by atoms with Gasteiger partial charge in [-0.3, -0.25) is 0 Å². The summed E-state index contributed by atoms with van der Waals surface area (Å²) >= 11 is 0. The molecule has 0 fully saturated rings. The normalized spacial score (nSPS) is 11.0. The molecule has 0 bridgehead atoms. The Morgan fingerprint density at radius 2 is 0.431 bits per heavy atom. The van der Waals surface area contributed by atoms with Gasteiger partial charge in [-0.15, -0.1) is 0 Å². The van der Waals surface area contributed by atoms with Crippen molar-refractivity contribution in [2.45, 2.75) is 47.0 Å². The van der Waals surface area contributed by atoms with Crippen LogP contribution < -0.4 is 4.74 Å². The van der Waals surface area contributed by atoms with E-state index >= 15 is 0 Å². The second-order valence-electron chi connectivity index (χ2n) is 16.5. The topological polar surface area (TPSA) is 9.23 Å². The van der Waals surface area contributed by atoms with Crippen molar-refractivity contribution in [2.75, 3.05) is 6.61 Å². The van der Waals surface area contributed by atoms with Crippen molar-refractivity contribution < 1.29 is 4.74 Å².